The number of halogens is 2. The molecule has 100 valence electrons. The van der Waals surface area contributed by atoms with Gasteiger partial charge in [0.25, 0.3) is 0 Å². The van der Waals surface area contributed by atoms with Gasteiger partial charge in [0.1, 0.15) is 5.75 Å². The summed E-state index contributed by atoms with van der Waals surface area (Å²) in [5, 5.41) is 12.0. The van der Waals surface area contributed by atoms with Gasteiger partial charge in [-0.05, 0) is 63.0 Å². The van der Waals surface area contributed by atoms with Gasteiger partial charge in [-0.1, -0.05) is 6.92 Å². The van der Waals surface area contributed by atoms with Gasteiger partial charge < -0.3 is 15.2 Å². The molecule has 0 saturated carbocycles. The lowest BCUT2D eigenvalue weighted by molar-refractivity contribution is -0.145. The maximum atomic E-state index is 11.0. The van der Waals surface area contributed by atoms with Crippen molar-refractivity contribution in [3.05, 3.63) is 26.6 Å². The number of benzene rings is 1. The highest BCUT2D eigenvalue weighted by molar-refractivity contribution is 9.11. The second-order valence-corrected chi connectivity index (χ2v) is 5.48. The molecule has 0 fully saturated rings. The van der Waals surface area contributed by atoms with E-state index < -0.39 is 12.1 Å². The van der Waals surface area contributed by atoms with E-state index in [4.69, 9.17) is 9.84 Å². The number of hydrogen-bond acceptors (Lipinski definition) is 3. The van der Waals surface area contributed by atoms with E-state index >= 15 is 0 Å². The van der Waals surface area contributed by atoms with E-state index in [9.17, 15) is 4.79 Å². The Labute approximate surface area is 123 Å². The number of hydrogen-bond donors (Lipinski definition) is 2. The molecule has 0 aromatic heterocycles. The number of aliphatic carboxylic acids is 1. The lowest BCUT2D eigenvalue weighted by Crippen LogP contribution is -2.26. The van der Waals surface area contributed by atoms with Crippen molar-refractivity contribution in [1.82, 2.24) is 5.32 Å². The van der Waals surface area contributed by atoms with Crippen molar-refractivity contribution in [1.29, 1.82) is 0 Å². The molecule has 2 N–H and O–H groups in total. The zero-order chi connectivity index (χ0) is 13.7. The van der Waals surface area contributed by atoms with Gasteiger partial charge in [-0.15, -0.1) is 0 Å². The van der Waals surface area contributed by atoms with E-state index in [0.29, 0.717) is 12.2 Å². The summed E-state index contributed by atoms with van der Waals surface area (Å²) in [7, 11) is 1.86. The van der Waals surface area contributed by atoms with E-state index in [1.54, 1.807) is 6.92 Å². The van der Waals surface area contributed by atoms with E-state index in [1.165, 1.54) is 0 Å². The molecule has 6 heteroatoms. The maximum Gasteiger partial charge on any atom is 0.344 e. The zero-order valence-corrected chi connectivity index (χ0v) is 13.3. The second-order valence-electron chi connectivity index (χ2n) is 3.77. The Balaban J connectivity index is 2.99. The van der Waals surface area contributed by atoms with Gasteiger partial charge >= 0.3 is 5.97 Å². The first-order valence-electron chi connectivity index (χ1n) is 5.51. The first-order valence-corrected chi connectivity index (χ1v) is 7.10. The summed E-state index contributed by atoms with van der Waals surface area (Å²) in [6.07, 6.45) is -0.431. The van der Waals surface area contributed by atoms with Crippen LogP contribution in [0, 0.1) is 0 Å². The van der Waals surface area contributed by atoms with Crippen LogP contribution in [0.4, 0.5) is 0 Å². The van der Waals surface area contributed by atoms with Gasteiger partial charge in [-0.2, -0.15) is 0 Å². The van der Waals surface area contributed by atoms with Gasteiger partial charge in [0.05, 0.1) is 8.95 Å². The fraction of sp³-hybridized carbons (Fsp3) is 0.417. The van der Waals surface area contributed by atoms with Gasteiger partial charge in [-0.25, -0.2) is 4.79 Å². The van der Waals surface area contributed by atoms with Crippen molar-refractivity contribution in [2.45, 2.75) is 26.0 Å². The Hall–Kier alpha value is -0.590. The van der Waals surface area contributed by atoms with E-state index in [2.05, 4.69) is 37.2 Å². The monoisotopic (exact) mass is 379 g/mol. The van der Waals surface area contributed by atoms with Gasteiger partial charge in [0.2, 0.25) is 0 Å². The summed E-state index contributed by atoms with van der Waals surface area (Å²) in [4.78, 5) is 11.0. The highest BCUT2D eigenvalue weighted by atomic mass is 79.9. The molecule has 4 nitrogen and oxygen atoms in total. The van der Waals surface area contributed by atoms with Crippen molar-refractivity contribution < 1.29 is 14.6 Å². The first kappa shape index (κ1) is 15.5. The quantitative estimate of drug-likeness (QED) is 0.795. The molecule has 0 amide bonds. The summed E-state index contributed by atoms with van der Waals surface area (Å²) in [5.41, 5.74) is 1.08. The lowest BCUT2D eigenvalue weighted by Gasteiger charge is -2.16. The van der Waals surface area contributed by atoms with Gasteiger partial charge in [0.15, 0.2) is 6.10 Å². The van der Waals surface area contributed by atoms with Gasteiger partial charge in [-0.3, -0.25) is 0 Å². The molecule has 0 aliphatic rings. The van der Waals surface area contributed by atoms with Crippen LogP contribution in [-0.4, -0.2) is 24.2 Å². The molecule has 0 aliphatic heterocycles. The number of nitrogens with one attached hydrogen (secondary N) is 1. The fourth-order valence-electron chi connectivity index (χ4n) is 1.48. The Kier molecular flexibility index (Phi) is 6.11. The normalized spacial score (nSPS) is 12.2. The van der Waals surface area contributed by atoms with Gasteiger partial charge in [0, 0.05) is 6.54 Å². The minimum absolute atomic E-state index is 0.409. The summed E-state index contributed by atoms with van der Waals surface area (Å²) in [5.74, 6) is -0.445. The third-order valence-corrected chi connectivity index (χ3v) is 3.52. The van der Waals surface area contributed by atoms with Crippen molar-refractivity contribution >= 4 is 37.8 Å². The Bertz CT molecular complexity index is 414. The average Bonchev–Trinajstić information content (AvgIpc) is 2.28. The third kappa shape index (κ3) is 3.96. The molecule has 0 bridgehead atoms. The fourth-order valence-corrected chi connectivity index (χ4v) is 2.95. The largest absolute Gasteiger partial charge is 0.479 e. The van der Waals surface area contributed by atoms with Crippen LogP contribution in [0.3, 0.4) is 0 Å². The van der Waals surface area contributed by atoms with E-state index in [1.807, 2.05) is 19.2 Å². The number of rotatable bonds is 6. The molecule has 0 saturated heterocycles. The summed E-state index contributed by atoms with van der Waals surface area (Å²) in [6.45, 7) is 2.50. The second kappa shape index (κ2) is 7.11. The van der Waals surface area contributed by atoms with Crippen molar-refractivity contribution in [3.8, 4) is 5.75 Å². The smallest absolute Gasteiger partial charge is 0.344 e. The Morgan fingerprint density at radius 3 is 2.39 bits per heavy atom. The Morgan fingerprint density at radius 2 is 2.00 bits per heavy atom. The highest BCUT2D eigenvalue weighted by Crippen LogP contribution is 2.35. The molecule has 0 aliphatic carbocycles. The van der Waals surface area contributed by atoms with Crippen molar-refractivity contribution in [3.63, 3.8) is 0 Å². The minimum Gasteiger partial charge on any atom is -0.479 e. The van der Waals surface area contributed by atoms with Crippen LogP contribution < -0.4 is 10.1 Å². The van der Waals surface area contributed by atoms with E-state index in [-0.39, 0.29) is 0 Å². The molecule has 18 heavy (non-hydrogen) atoms. The highest BCUT2D eigenvalue weighted by Gasteiger charge is 2.20. The van der Waals surface area contributed by atoms with Crippen LogP contribution in [0.25, 0.3) is 0 Å². The Morgan fingerprint density at radius 1 is 1.44 bits per heavy atom. The lowest BCUT2D eigenvalue weighted by atomic mass is 10.2. The van der Waals surface area contributed by atoms with Crippen molar-refractivity contribution in [2.75, 3.05) is 7.05 Å². The SMILES string of the molecule is CCC(Oc1c(Br)cc(CNC)cc1Br)C(=O)O. The molecule has 1 aromatic rings. The molecule has 1 unspecified atom stereocenters. The predicted molar refractivity (Wildman–Crippen MR) is 76.9 cm³/mol. The topological polar surface area (TPSA) is 58.6 Å². The molecular weight excluding hydrogens is 366 g/mol. The molecule has 0 radical (unpaired) electrons. The molecule has 1 rings (SSSR count). The van der Waals surface area contributed by atoms with Crippen molar-refractivity contribution in [2.24, 2.45) is 0 Å². The summed E-state index contributed by atoms with van der Waals surface area (Å²) >= 11 is 6.80. The predicted octanol–water partition coefficient (Wildman–Crippen LogP) is 3.17. The molecule has 0 heterocycles. The standard InChI is InChI=1S/C12H15Br2NO3/c1-3-10(12(16)17)18-11-8(13)4-7(6-15-2)5-9(11)14/h4-5,10,15H,3,6H2,1-2H3,(H,16,17). The average molecular weight is 381 g/mol. The van der Waals surface area contributed by atoms with Crippen LogP contribution in [0.15, 0.2) is 21.1 Å². The van der Waals surface area contributed by atoms with Crippen LogP contribution in [0.1, 0.15) is 18.9 Å². The number of carboxylic acid groups (broad SMARTS) is 1. The molecule has 1 atom stereocenters. The first-order chi connectivity index (χ1) is 8.49. The minimum atomic E-state index is -0.962. The molecular formula is C12H15Br2NO3. The summed E-state index contributed by atoms with van der Waals surface area (Å²) in [6, 6.07) is 3.82. The maximum absolute atomic E-state index is 11.0. The zero-order valence-electron chi connectivity index (χ0n) is 10.2. The third-order valence-electron chi connectivity index (χ3n) is 2.35. The number of carboxylic acids is 1. The van der Waals surface area contributed by atoms with Crippen LogP contribution >= 0.6 is 31.9 Å². The molecule has 0 spiro atoms. The van der Waals surface area contributed by atoms with Crippen LogP contribution in [0.5, 0.6) is 5.75 Å². The number of ether oxygens (including phenoxy) is 1. The van der Waals surface area contributed by atoms with Crippen LogP contribution in [0.2, 0.25) is 0 Å². The molecule has 1 aromatic carbocycles. The van der Waals surface area contributed by atoms with Crippen LogP contribution in [-0.2, 0) is 11.3 Å². The number of carbonyl (C=O) groups is 1. The van der Waals surface area contributed by atoms with E-state index in [0.717, 1.165) is 21.1 Å². The summed E-state index contributed by atoms with van der Waals surface area (Å²) < 4.78 is 6.98.